The Kier molecular flexibility index (Phi) is 6.72. The highest BCUT2D eigenvalue weighted by molar-refractivity contribution is 8.26. The Morgan fingerprint density at radius 1 is 1.29 bits per heavy atom. The molecule has 0 atom stereocenters. The number of thioether (sulfide) groups is 1. The molecule has 1 aliphatic heterocycles. The first kappa shape index (κ1) is 20.4. The molecule has 1 N–H and O–H groups in total. The Bertz CT molecular complexity index is 945. The zero-order valence-corrected chi connectivity index (χ0v) is 17.4. The largest absolute Gasteiger partial charge is 0.497 e. The molecule has 0 unspecified atom stereocenters. The summed E-state index contributed by atoms with van der Waals surface area (Å²) >= 11 is 12.4. The Balaban J connectivity index is 1.60. The van der Waals surface area contributed by atoms with Gasteiger partial charge in [0.05, 0.1) is 12.0 Å². The fourth-order valence-electron chi connectivity index (χ4n) is 2.56. The number of ether oxygens (including phenoxy) is 1. The lowest BCUT2D eigenvalue weighted by molar-refractivity contribution is -0.122. The number of hydrogen-bond acceptors (Lipinski definition) is 5. The molecule has 0 aromatic heterocycles. The number of rotatable bonds is 6. The van der Waals surface area contributed by atoms with Crippen LogP contribution in [0.4, 0.5) is 0 Å². The van der Waals surface area contributed by atoms with Gasteiger partial charge in [-0.15, -0.1) is 0 Å². The minimum absolute atomic E-state index is 0.168. The monoisotopic (exact) mass is 432 g/mol. The summed E-state index contributed by atoms with van der Waals surface area (Å²) in [6.07, 6.45) is 1.79. The molecule has 0 radical (unpaired) electrons. The predicted octanol–water partition coefficient (Wildman–Crippen LogP) is 3.98. The van der Waals surface area contributed by atoms with Crippen LogP contribution >= 0.6 is 35.6 Å². The maximum Gasteiger partial charge on any atom is 0.266 e. The van der Waals surface area contributed by atoms with Gasteiger partial charge in [0.25, 0.3) is 11.8 Å². The SMILES string of the molecule is COc1cccc(/C=C2/SC(=S)N(CCNC(=O)c3ccc(Cl)cc3)C2=O)c1. The third kappa shape index (κ3) is 4.92. The van der Waals surface area contributed by atoms with Gasteiger partial charge in [-0.1, -0.05) is 47.7 Å². The zero-order valence-electron chi connectivity index (χ0n) is 15.0. The van der Waals surface area contributed by atoms with Gasteiger partial charge < -0.3 is 10.1 Å². The number of carbonyl (C=O) groups is 2. The lowest BCUT2D eigenvalue weighted by Crippen LogP contribution is -2.37. The van der Waals surface area contributed by atoms with Gasteiger partial charge in [-0.25, -0.2) is 0 Å². The van der Waals surface area contributed by atoms with E-state index in [9.17, 15) is 9.59 Å². The molecule has 5 nitrogen and oxygen atoms in total. The van der Waals surface area contributed by atoms with E-state index in [0.29, 0.717) is 38.7 Å². The molecule has 2 amide bonds. The Morgan fingerprint density at radius 3 is 2.75 bits per heavy atom. The maximum atomic E-state index is 12.6. The highest BCUT2D eigenvalue weighted by Gasteiger charge is 2.31. The van der Waals surface area contributed by atoms with E-state index >= 15 is 0 Å². The van der Waals surface area contributed by atoms with E-state index < -0.39 is 0 Å². The second kappa shape index (κ2) is 9.23. The minimum Gasteiger partial charge on any atom is -0.497 e. The number of halogens is 1. The summed E-state index contributed by atoms with van der Waals surface area (Å²) in [5.74, 6) is 0.321. The molecular formula is C20H17ClN2O3S2. The normalized spacial score (nSPS) is 15.2. The standard InChI is InChI=1S/C20H17ClN2O3S2/c1-26-16-4-2-3-13(11-16)12-17-19(25)23(20(27)28-17)10-9-22-18(24)14-5-7-15(21)8-6-14/h2-8,11-12H,9-10H2,1H3,(H,22,24)/b17-12+. The summed E-state index contributed by atoms with van der Waals surface area (Å²) in [5, 5.41) is 3.35. The van der Waals surface area contributed by atoms with Gasteiger partial charge in [0.1, 0.15) is 10.1 Å². The smallest absolute Gasteiger partial charge is 0.266 e. The summed E-state index contributed by atoms with van der Waals surface area (Å²) < 4.78 is 5.67. The molecule has 1 aliphatic rings. The average Bonchev–Trinajstić information content (AvgIpc) is 2.96. The second-order valence-electron chi connectivity index (χ2n) is 5.87. The first-order valence-electron chi connectivity index (χ1n) is 8.41. The Labute approximate surface area is 177 Å². The lowest BCUT2D eigenvalue weighted by atomic mass is 10.2. The van der Waals surface area contributed by atoms with Gasteiger partial charge in [-0.3, -0.25) is 14.5 Å². The van der Waals surface area contributed by atoms with E-state index in [1.807, 2.05) is 24.3 Å². The van der Waals surface area contributed by atoms with Crippen molar-refractivity contribution >= 4 is 57.8 Å². The van der Waals surface area contributed by atoms with Gasteiger partial charge in [0.15, 0.2) is 0 Å². The van der Waals surface area contributed by atoms with Crippen LogP contribution in [0.15, 0.2) is 53.4 Å². The van der Waals surface area contributed by atoms with Crippen molar-refractivity contribution in [3.8, 4) is 5.75 Å². The summed E-state index contributed by atoms with van der Waals surface area (Å²) in [4.78, 5) is 26.8. The van der Waals surface area contributed by atoms with Gasteiger partial charge in [-0.05, 0) is 48.0 Å². The first-order valence-corrected chi connectivity index (χ1v) is 10.0. The molecule has 2 aromatic rings. The highest BCUT2D eigenvalue weighted by atomic mass is 35.5. The molecule has 3 rings (SSSR count). The van der Waals surface area contributed by atoms with Crippen LogP contribution in [0.5, 0.6) is 5.75 Å². The van der Waals surface area contributed by atoms with Crippen molar-refractivity contribution in [3.05, 3.63) is 69.6 Å². The number of benzene rings is 2. The second-order valence-corrected chi connectivity index (χ2v) is 7.98. The van der Waals surface area contributed by atoms with Gasteiger partial charge in [-0.2, -0.15) is 0 Å². The number of carbonyl (C=O) groups excluding carboxylic acids is 2. The van der Waals surface area contributed by atoms with Crippen molar-refractivity contribution in [1.29, 1.82) is 0 Å². The van der Waals surface area contributed by atoms with E-state index in [2.05, 4.69) is 5.32 Å². The summed E-state index contributed by atoms with van der Waals surface area (Å²) in [6.45, 7) is 0.597. The average molecular weight is 433 g/mol. The molecule has 0 bridgehead atoms. The number of hydrogen-bond donors (Lipinski definition) is 1. The van der Waals surface area contributed by atoms with Crippen LogP contribution in [-0.2, 0) is 4.79 Å². The molecule has 1 heterocycles. The number of nitrogens with zero attached hydrogens (tertiary/aromatic N) is 1. The number of nitrogens with one attached hydrogen (secondary N) is 1. The van der Waals surface area contributed by atoms with E-state index in [1.165, 1.54) is 16.7 Å². The summed E-state index contributed by atoms with van der Waals surface area (Å²) in [5.41, 5.74) is 1.36. The quantitative estimate of drug-likeness (QED) is 0.552. The van der Waals surface area contributed by atoms with E-state index in [1.54, 1.807) is 37.5 Å². The van der Waals surface area contributed by atoms with Crippen molar-refractivity contribution in [2.45, 2.75) is 0 Å². The summed E-state index contributed by atoms with van der Waals surface area (Å²) in [6, 6.07) is 14.0. The Morgan fingerprint density at radius 2 is 2.04 bits per heavy atom. The van der Waals surface area contributed by atoms with Gasteiger partial charge in [0, 0.05) is 23.7 Å². The highest BCUT2D eigenvalue weighted by Crippen LogP contribution is 2.32. The van der Waals surface area contributed by atoms with Crippen LogP contribution in [0.3, 0.4) is 0 Å². The van der Waals surface area contributed by atoms with Crippen molar-refractivity contribution < 1.29 is 14.3 Å². The fraction of sp³-hybridized carbons (Fsp3) is 0.150. The van der Waals surface area contributed by atoms with Crippen molar-refractivity contribution in [3.63, 3.8) is 0 Å². The topological polar surface area (TPSA) is 58.6 Å². The molecule has 28 heavy (non-hydrogen) atoms. The van der Waals surface area contributed by atoms with E-state index in [4.69, 9.17) is 28.6 Å². The zero-order chi connectivity index (χ0) is 20.1. The fourth-order valence-corrected chi connectivity index (χ4v) is 3.99. The van der Waals surface area contributed by atoms with Crippen LogP contribution < -0.4 is 10.1 Å². The van der Waals surface area contributed by atoms with Crippen LogP contribution in [0.25, 0.3) is 6.08 Å². The molecule has 1 saturated heterocycles. The third-order valence-corrected chi connectivity index (χ3v) is 5.62. The molecule has 144 valence electrons. The molecule has 8 heteroatoms. The first-order chi connectivity index (χ1) is 13.5. The van der Waals surface area contributed by atoms with Crippen LogP contribution in [-0.4, -0.2) is 41.2 Å². The summed E-state index contributed by atoms with van der Waals surface area (Å²) in [7, 11) is 1.59. The van der Waals surface area contributed by atoms with E-state index in [0.717, 1.165) is 5.56 Å². The predicted molar refractivity (Wildman–Crippen MR) is 117 cm³/mol. The van der Waals surface area contributed by atoms with Crippen LogP contribution in [0, 0.1) is 0 Å². The van der Waals surface area contributed by atoms with Gasteiger partial charge >= 0.3 is 0 Å². The van der Waals surface area contributed by atoms with Crippen LogP contribution in [0.2, 0.25) is 5.02 Å². The molecule has 0 aliphatic carbocycles. The van der Waals surface area contributed by atoms with Crippen molar-refractivity contribution in [2.24, 2.45) is 0 Å². The lowest BCUT2D eigenvalue weighted by Gasteiger charge is -2.14. The molecule has 1 fully saturated rings. The van der Waals surface area contributed by atoms with Crippen molar-refractivity contribution in [2.75, 3.05) is 20.2 Å². The number of thiocarbonyl (C=S) groups is 1. The Hall–Kier alpha value is -2.35. The number of amides is 2. The minimum atomic E-state index is -0.228. The number of methoxy groups -OCH3 is 1. The molecule has 0 spiro atoms. The van der Waals surface area contributed by atoms with Crippen LogP contribution in [0.1, 0.15) is 15.9 Å². The van der Waals surface area contributed by atoms with Crippen molar-refractivity contribution in [1.82, 2.24) is 10.2 Å². The van der Waals surface area contributed by atoms with E-state index in [-0.39, 0.29) is 11.8 Å². The molecular weight excluding hydrogens is 416 g/mol. The maximum absolute atomic E-state index is 12.6. The molecule has 0 saturated carbocycles. The van der Waals surface area contributed by atoms with Gasteiger partial charge in [0.2, 0.25) is 0 Å². The molecule has 2 aromatic carbocycles. The third-order valence-electron chi connectivity index (χ3n) is 3.99.